The Morgan fingerprint density at radius 2 is 1.50 bits per heavy atom. The van der Waals surface area contributed by atoms with E-state index in [4.69, 9.17) is 30.1 Å². The molecular formula is C2H12CaNO5P. The quantitative estimate of drug-likeness (QED) is 0.243. The van der Waals surface area contributed by atoms with E-state index < -0.39 is 7.82 Å². The molecule has 0 rings (SSSR count). The summed E-state index contributed by atoms with van der Waals surface area (Å²) in [5.74, 6) is 0. The molecule has 62 valence electrons. The summed E-state index contributed by atoms with van der Waals surface area (Å²) in [5, 5.41) is 7.75. The van der Waals surface area contributed by atoms with Gasteiger partial charge in [-0.1, -0.05) is 0 Å². The molecule has 0 radical (unpaired) electrons. The Bertz CT molecular complexity index is 91.2. The van der Waals surface area contributed by atoms with Crippen LogP contribution in [0.3, 0.4) is 0 Å². The molecule has 6 nitrogen and oxygen atoms in total. The van der Waals surface area contributed by atoms with Crippen LogP contribution in [-0.2, 0) is 4.57 Å². The summed E-state index contributed by atoms with van der Waals surface area (Å²) in [4.78, 5) is 21.6. The van der Waals surface area contributed by atoms with E-state index >= 15 is 0 Å². The van der Waals surface area contributed by atoms with Crippen LogP contribution in [0.4, 0.5) is 0 Å². The Kier molecular flexibility index (Phi) is 17.9. The molecule has 8 heteroatoms. The van der Waals surface area contributed by atoms with Crippen LogP contribution in [0.25, 0.3) is 0 Å². The number of aliphatic hydroxyl groups excluding tert-OH is 1. The van der Waals surface area contributed by atoms with Crippen LogP contribution >= 0.6 is 7.82 Å². The van der Waals surface area contributed by atoms with Crippen LogP contribution in [0, 0.1) is 0 Å². The minimum absolute atomic E-state index is 0. The van der Waals surface area contributed by atoms with Gasteiger partial charge in [0.15, 0.2) is 0 Å². The minimum Gasteiger partial charge on any atom is -1.00 e. The van der Waals surface area contributed by atoms with E-state index in [1.807, 2.05) is 0 Å². The molecule has 0 aromatic heterocycles. The van der Waals surface area contributed by atoms with Gasteiger partial charge in [-0.05, 0) is 0 Å². The molecule has 0 amide bonds. The third-order valence-corrected chi connectivity index (χ3v) is 0.129. The van der Waals surface area contributed by atoms with Gasteiger partial charge in [0.05, 0.1) is 6.61 Å². The first-order valence-electron chi connectivity index (χ1n) is 2.01. The summed E-state index contributed by atoms with van der Waals surface area (Å²) in [6.07, 6.45) is 0. The third-order valence-electron chi connectivity index (χ3n) is 0.129. The topological polar surface area (TPSA) is 124 Å². The van der Waals surface area contributed by atoms with Gasteiger partial charge in [-0.2, -0.15) is 0 Å². The van der Waals surface area contributed by atoms with Crippen molar-refractivity contribution in [1.82, 2.24) is 0 Å². The number of rotatable bonds is 1. The zero-order valence-corrected chi connectivity index (χ0v) is 8.45. The molecule has 0 aliphatic rings. The van der Waals surface area contributed by atoms with E-state index in [9.17, 15) is 0 Å². The van der Waals surface area contributed by atoms with Crippen LogP contribution in [0.1, 0.15) is 2.85 Å². The predicted octanol–water partition coefficient (Wildman–Crippen LogP) is -2.15. The molecule has 0 saturated heterocycles. The molecule has 0 aromatic rings. The molecule has 0 atom stereocenters. The standard InChI is InChI=1S/C2H7NO.Ca.H3O4P.2H/c3-1-2-4;;1-5(2,3)4;;/h4H,1-3H2;;(H3,1,2,3,4);;/q;+2;;2*-1. The largest absolute Gasteiger partial charge is 2.00 e. The van der Waals surface area contributed by atoms with E-state index in [1.165, 1.54) is 0 Å². The number of hydrogen-bond donors (Lipinski definition) is 5. The molecule has 0 bridgehead atoms. The normalized spacial score (nSPS) is 8.90. The molecule has 0 unspecified atom stereocenters. The summed E-state index contributed by atoms with van der Waals surface area (Å²) in [6, 6.07) is 0. The van der Waals surface area contributed by atoms with E-state index in [0.29, 0.717) is 6.54 Å². The maximum absolute atomic E-state index is 8.88. The van der Waals surface area contributed by atoms with E-state index in [2.05, 4.69) is 0 Å². The van der Waals surface area contributed by atoms with Crippen molar-refractivity contribution >= 4 is 45.6 Å². The van der Waals surface area contributed by atoms with Crippen molar-refractivity contribution in [1.29, 1.82) is 0 Å². The molecule has 0 aliphatic heterocycles. The zero-order chi connectivity index (χ0) is 7.91. The summed E-state index contributed by atoms with van der Waals surface area (Å²) < 4.78 is 8.88. The van der Waals surface area contributed by atoms with Crippen LogP contribution in [-0.4, -0.2) is 70.7 Å². The van der Waals surface area contributed by atoms with E-state index in [1.54, 1.807) is 0 Å². The minimum atomic E-state index is -4.64. The molecule has 6 N–H and O–H groups in total. The van der Waals surface area contributed by atoms with Gasteiger partial charge < -0.3 is 28.4 Å². The van der Waals surface area contributed by atoms with Gasteiger partial charge in [-0.15, -0.1) is 0 Å². The average molecular weight is 201 g/mol. The van der Waals surface area contributed by atoms with Crippen molar-refractivity contribution in [2.45, 2.75) is 0 Å². The fourth-order valence-corrected chi connectivity index (χ4v) is 0. The van der Waals surface area contributed by atoms with Crippen LogP contribution in [0.2, 0.25) is 0 Å². The number of aliphatic hydroxyl groups is 1. The van der Waals surface area contributed by atoms with Gasteiger partial charge >= 0.3 is 45.6 Å². The molecule has 10 heavy (non-hydrogen) atoms. The first kappa shape index (κ1) is 17.4. The van der Waals surface area contributed by atoms with E-state index in [-0.39, 0.29) is 47.2 Å². The summed E-state index contributed by atoms with van der Waals surface area (Å²) in [5.41, 5.74) is 4.78. The van der Waals surface area contributed by atoms with Gasteiger partial charge in [0.2, 0.25) is 0 Å². The second-order valence-corrected chi connectivity index (χ2v) is 2.05. The van der Waals surface area contributed by atoms with Gasteiger partial charge in [0.1, 0.15) is 0 Å². The van der Waals surface area contributed by atoms with Crippen molar-refractivity contribution < 1.29 is 27.2 Å². The van der Waals surface area contributed by atoms with E-state index in [0.717, 1.165) is 0 Å². The van der Waals surface area contributed by atoms with Gasteiger partial charge in [0, 0.05) is 6.54 Å². The van der Waals surface area contributed by atoms with Gasteiger partial charge in [-0.3, -0.25) is 0 Å². The molecule has 0 aromatic carbocycles. The molecule has 0 saturated carbocycles. The molecule has 0 heterocycles. The smallest absolute Gasteiger partial charge is 1.00 e. The Balaban J connectivity index is -0.0000000221. The fraction of sp³-hybridized carbons (Fsp3) is 1.00. The van der Waals surface area contributed by atoms with Crippen molar-refractivity contribution in [3.63, 3.8) is 0 Å². The van der Waals surface area contributed by atoms with Crippen LogP contribution in [0.5, 0.6) is 0 Å². The monoisotopic (exact) mass is 201 g/mol. The number of hydrogen-bond acceptors (Lipinski definition) is 3. The second kappa shape index (κ2) is 10.3. The fourth-order valence-electron chi connectivity index (χ4n) is 0. The first-order valence-corrected chi connectivity index (χ1v) is 3.57. The molecular weight excluding hydrogens is 189 g/mol. The Hall–Kier alpha value is 1.29. The first-order chi connectivity index (χ1) is 3.91. The third kappa shape index (κ3) is 122. The van der Waals surface area contributed by atoms with Crippen molar-refractivity contribution in [2.24, 2.45) is 5.73 Å². The molecule has 0 spiro atoms. The molecule has 0 fully saturated rings. The Morgan fingerprint density at radius 3 is 1.50 bits per heavy atom. The summed E-state index contributed by atoms with van der Waals surface area (Å²) >= 11 is 0. The second-order valence-electron chi connectivity index (χ2n) is 1.03. The SMILES string of the molecule is NCCO.O=P(O)(O)O.[Ca+2].[H-].[H-]. The molecule has 0 aliphatic carbocycles. The van der Waals surface area contributed by atoms with Crippen molar-refractivity contribution in [2.75, 3.05) is 13.2 Å². The maximum Gasteiger partial charge on any atom is 2.00 e. The Labute approximate surface area is 91.3 Å². The van der Waals surface area contributed by atoms with Crippen molar-refractivity contribution in [3.8, 4) is 0 Å². The average Bonchev–Trinajstić information content (AvgIpc) is 1.61. The van der Waals surface area contributed by atoms with Gasteiger partial charge in [0.25, 0.3) is 0 Å². The predicted molar refractivity (Wildman–Crippen MR) is 38.4 cm³/mol. The van der Waals surface area contributed by atoms with Crippen LogP contribution < -0.4 is 5.73 Å². The maximum atomic E-state index is 8.88. The zero-order valence-electron chi connectivity index (χ0n) is 7.34. The number of phosphoric acid groups is 1. The summed E-state index contributed by atoms with van der Waals surface area (Å²) in [6.45, 7) is 0.472. The Morgan fingerprint density at radius 1 is 1.40 bits per heavy atom. The summed E-state index contributed by atoms with van der Waals surface area (Å²) in [7, 11) is -4.64. The van der Waals surface area contributed by atoms with Crippen molar-refractivity contribution in [3.05, 3.63) is 0 Å². The van der Waals surface area contributed by atoms with Crippen LogP contribution in [0.15, 0.2) is 0 Å². The van der Waals surface area contributed by atoms with Gasteiger partial charge in [-0.25, -0.2) is 4.57 Å². The number of nitrogens with two attached hydrogens (primary N) is 1.